The molecule has 0 atom stereocenters. The number of nitrogens with two attached hydrogens (primary N) is 1. The maximum absolute atomic E-state index is 11.3. The minimum Gasteiger partial charge on any atom is -0.364 e. The van der Waals surface area contributed by atoms with Crippen LogP contribution in [0.15, 0.2) is 48.8 Å². The first-order valence-corrected chi connectivity index (χ1v) is 8.18. The van der Waals surface area contributed by atoms with Crippen LogP contribution < -0.4 is 15.5 Å². The van der Waals surface area contributed by atoms with Gasteiger partial charge < -0.3 is 15.5 Å². The molecule has 126 valence electrons. The van der Waals surface area contributed by atoms with Crippen molar-refractivity contribution < 1.29 is 4.79 Å². The summed E-state index contributed by atoms with van der Waals surface area (Å²) >= 11 is 0. The van der Waals surface area contributed by atoms with Gasteiger partial charge in [0, 0.05) is 31.6 Å². The molecule has 25 heavy (non-hydrogen) atoms. The number of hydrogen-bond acceptors (Lipinski definition) is 6. The number of nitrogens with zero attached hydrogens (tertiary/aromatic N) is 5. The molecule has 1 aliphatic heterocycles. The van der Waals surface area contributed by atoms with Crippen molar-refractivity contribution in [3.05, 3.63) is 54.5 Å². The van der Waals surface area contributed by atoms with Crippen LogP contribution in [0.4, 0.5) is 11.6 Å². The maximum Gasteiger partial charge on any atom is 0.268 e. The second kappa shape index (κ2) is 6.35. The number of primary amides is 1. The summed E-state index contributed by atoms with van der Waals surface area (Å²) in [5.74, 6) is 1.10. The first-order valence-electron chi connectivity index (χ1n) is 8.18. The summed E-state index contributed by atoms with van der Waals surface area (Å²) in [6.07, 6.45) is 3.05. The van der Waals surface area contributed by atoms with Crippen LogP contribution in [0.5, 0.6) is 0 Å². The van der Waals surface area contributed by atoms with Crippen LogP contribution in [0.2, 0.25) is 0 Å². The van der Waals surface area contributed by atoms with Crippen molar-refractivity contribution >= 4 is 28.4 Å². The van der Waals surface area contributed by atoms with Gasteiger partial charge in [0.2, 0.25) is 0 Å². The second-order valence-corrected chi connectivity index (χ2v) is 5.96. The molecule has 1 saturated heterocycles. The first-order chi connectivity index (χ1) is 12.2. The molecule has 1 aliphatic rings. The minimum absolute atomic E-state index is 0.191. The summed E-state index contributed by atoms with van der Waals surface area (Å²) in [5.41, 5.74) is 6.47. The van der Waals surface area contributed by atoms with Crippen molar-refractivity contribution in [3.8, 4) is 0 Å². The number of carbonyl (C=O) groups is 1. The van der Waals surface area contributed by atoms with E-state index in [1.165, 1.54) is 6.20 Å². The lowest BCUT2D eigenvalue weighted by molar-refractivity contribution is 0.0995. The minimum atomic E-state index is -0.562. The van der Waals surface area contributed by atoms with Gasteiger partial charge >= 0.3 is 0 Å². The molecule has 2 aromatic heterocycles. The number of piperazine rings is 1. The van der Waals surface area contributed by atoms with Crippen LogP contribution in [-0.4, -0.2) is 47.0 Å². The highest BCUT2D eigenvalue weighted by Gasteiger charge is 2.20. The van der Waals surface area contributed by atoms with E-state index in [-0.39, 0.29) is 5.69 Å². The summed E-state index contributed by atoms with van der Waals surface area (Å²) < 4.78 is 0. The van der Waals surface area contributed by atoms with Gasteiger partial charge in [-0.3, -0.25) is 9.78 Å². The van der Waals surface area contributed by atoms with E-state index in [1.54, 1.807) is 6.20 Å². The van der Waals surface area contributed by atoms with Crippen LogP contribution in [-0.2, 0) is 0 Å². The predicted molar refractivity (Wildman–Crippen MR) is 96.7 cm³/mol. The Kier molecular flexibility index (Phi) is 3.89. The lowest BCUT2D eigenvalue weighted by Gasteiger charge is -2.36. The molecule has 3 heterocycles. The Morgan fingerprint density at radius 2 is 1.60 bits per heavy atom. The zero-order chi connectivity index (χ0) is 17.2. The second-order valence-electron chi connectivity index (χ2n) is 5.96. The number of fused-ring (bicyclic) bond motifs is 1. The lowest BCUT2D eigenvalue weighted by atomic mass is 10.2. The molecule has 0 aliphatic carbocycles. The Labute approximate surface area is 145 Å². The highest BCUT2D eigenvalue weighted by Crippen LogP contribution is 2.20. The van der Waals surface area contributed by atoms with Crippen LogP contribution in [0.1, 0.15) is 10.5 Å². The fraction of sp³-hybridized carbons (Fsp3) is 0.222. The fourth-order valence-corrected chi connectivity index (χ4v) is 3.02. The molecule has 1 amide bonds. The number of anilines is 2. The van der Waals surface area contributed by atoms with Crippen molar-refractivity contribution in [2.45, 2.75) is 0 Å². The van der Waals surface area contributed by atoms with Crippen molar-refractivity contribution in [3.63, 3.8) is 0 Å². The van der Waals surface area contributed by atoms with Crippen LogP contribution >= 0.6 is 0 Å². The number of rotatable bonds is 3. The van der Waals surface area contributed by atoms with Gasteiger partial charge in [-0.15, -0.1) is 0 Å². The first kappa shape index (κ1) is 15.3. The van der Waals surface area contributed by atoms with Gasteiger partial charge in [-0.25, -0.2) is 9.97 Å². The fourth-order valence-electron chi connectivity index (χ4n) is 3.02. The average Bonchev–Trinajstić information content (AvgIpc) is 2.68. The van der Waals surface area contributed by atoms with E-state index in [1.807, 2.05) is 18.2 Å². The monoisotopic (exact) mass is 334 g/mol. The molecule has 0 spiro atoms. The van der Waals surface area contributed by atoms with Crippen molar-refractivity contribution in [2.75, 3.05) is 36.0 Å². The van der Waals surface area contributed by atoms with Gasteiger partial charge in [0.15, 0.2) is 0 Å². The number of hydrogen-bond donors (Lipinski definition) is 1. The Morgan fingerprint density at radius 3 is 2.36 bits per heavy atom. The molecular weight excluding hydrogens is 316 g/mol. The molecular formula is C18H18N6O. The summed E-state index contributed by atoms with van der Waals surface area (Å²) in [4.78, 5) is 28.7. The normalized spacial score (nSPS) is 14.7. The molecule has 2 N–H and O–H groups in total. The molecule has 0 radical (unpaired) electrons. The van der Waals surface area contributed by atoms with E-state index in [0.717, 1.165) is 42.9 Å². The topological polar surface area (TPSA) is 88.2 Å². The molecule has 7 nitrogen and oxygen atoms in total. The molecule has 1 fully saturated rings. The zero-order valence-corrected chi connectivity index (χ0v) is 13.7. The van der Waals surface area contributed by atoms with E-state index in [2.05, 4.69) is 38.0 Å². The average molecular weight is 334 g/mol. The molecule has 0 bridgehead atoms. The van der Waals surface area contributed by atoms with E-state index in [9.17, 15) is 4.79 Å². The third-order valence-electron chi connectivity index (χ3n) is 4.39. The van der Waals surface area contributed by atoms with Gasteiger partial charge in [0.25, 0.3) is 5.91 Å². The molecule has 1 aromatic carbocycles. The van der Waals surface area contributed by atoms with E-state index in [4.69, 9.17) is 10.7 Å². The number of para-hydroxylation sites is 1. The Bertz CT molecular complexity index is 920. The number of pyridine rings is 1. The Balaban J connectivity index is 1.49. The molecule has 3 aromatic rings. The van der Waals surface area contributed by atoms with E-state index >= 15 is 0 Å². The van der Waals surface area contributed by atoms with E-state index < -0.39 is 5.91 Å². The largest absolute Gasteiger partial charge is 0.364 e. The number of amides is 1. The summed E-state index contributed by atoms with van der Waals surface area (Å²) in [5, 5.41) is 1.14. The molecule has 4 rings (SSSR count). The van der Waals surface area contributed by atoms with Crippen molar-refractivity contribution in [1.29, 1.82) is 0 Å². The SMILES string of the molecule is NC(=O)c1cncc(N2CCN(c3ccc4ccccc4n3)CC2)n1. The quantitative estimate of drug-likeness (QED) is 0.780. The molecule has 7 heteroatoms. The maximum atomic E-state index is 11.3. The zero-order valence-electron chi connectivity index (χ0n) is 13.7. The molecule has 0 saturated carbocycles. The van der Waals surface area contributed by atoms with Crippen molar-refractivity contribution in [2.24, 2.45) is 5.73 Å². The summed E-state index contributed by atoms with van der Waals surface area (Å²) in [6.45, 7) is 3.22. The van der Waals surface area contributed by atoms with Crippen LogP contribution in [0, 0.1) is 0 Å². The summed E-state index contributed by atoms with van der Waals surface area (Å²) in [6, 6.07) is 12.3. The van der Waals surface area contributed by atoms with Gasteiger partial charge in [-0.05, 0) is 18.2 Å². The summed E-state index contributed by atoms with van der Waals surface area (Å²) in [7, 11) is 0. The number of benzene rings is 1. The Morgan fingerprint density at radius 1 is 0.880 bits per heavy atom. The van der Waals surface area contributed by atoms with Crippen LogP contribution in [0.3, 0.4) is 0 Å². The number of aromatic nitrogens is 3. The van der Waals surface area contributed by atoms with Gasteiger partial charge in [0.1, 0.15) is 17.3 Å². The van der Waals surface area contributed by atoms with E-state index in [0.29, 0.717) is 5.82 Å². The van der Waals surface area contributed by atoms with Crippen LogP contribution in [0.25, 0.3) is 10.9 Å². The molecule has 0 unspecified atom stereocenters. The number of carbonyl (C=O) groups excluding carboxylic acids is 1. The van der Waals surface area contributed by atoms with Gasteiger partial charge in [0.05, 0.1) is 17.9 Å². The lowest BCUT2D eigenvalue weighted by Crippen LogP contribution is -2.47. The van der Waals surface area contributed by atoms with Gasteiger partial charge in [-0.2, -0.15) is 0 Å². The standard InChI is InChI=1S/C18H18N6O/c19-18(25)15-11-20-12-17(22-15)24-9-7-23(8-10-24)16-6-5-13-3-1-2-4-14(13)21-16/h1-6,11-12H,7-10H2,(H2,19,25). The third kappa shape index (κ3) is 3.08. The highest BCUT2D eigenvalue weighted by molar-refractivity contribution is 5.90. The van der Waals surface area contributed by atoms with Crippen molar-refractivity contribution in [1.82, 2.24) is 15.0 Å². The Hall–Kier alpha value is -3.22. The highest BCUT2D eigenvalue weighted by atomic mass is 16.1. The predicted octanol–water partition coefficient (Wildman–Crippen LogP) is 1.45. The van der Waals surface area contributed by atoms with Gasteiger partial charge in [-0.1, -0.05) is 18.2 Å². The third-order valence-corrected chi connectivity index (χ3v) is 4.39. The smallest absolute Gasteiger partial charge is 0.268 e.